The van der Waals surface area contributed by atoms with Gasteiger partial charge in [-0.3, -0.25) is 4.79 Å². The molecular weight excluding hydrogens is 336 g/mol. The number of carbonyl (C=O) groups is 1. The SMILES string of the molecule is C[C@@H]1CN(C(=O)c2ccc3[nH]c(=S)oc3c2)C[C@H](c2ccccc2)O1. The number of oxazole rings is 1. The number of nitrogens with zero attached hydrogens (tertiary/aromatic N) is 1. The van der Waals surface area contributed by atoms with Crippen LogP contribution in [0.2, 0.25) is 0 Å². The first-order chi connectivity index (χ1) is 12.1. The minimum absolute atomic E-state index is 0.0252. The van der Waals surface area contributed by atoms with Gasteiger partial charge in [-0.15, -0.1) is 0 Å². The third kappa shape index (κ3) is 3.23. The summed E-state index contributed by atoms with van der Waals surface area (Å²) in [6.45, 7) is 3.09. The van der Waals surface area contributed by atoms with Gasteiger partial charge >= 0.3 is 0 Å². The Morgan fingerprint density at radius 2 is 2.00 bits per heavy atom. The second-order valence-corrected chi connectivity index (χ2v) is 6.65. The smallest absolute Gasteiger partial charge is 0.266 e. The Morgan fingerprint density at radius 1 is 1.20 bits per heavy atom. The van der Waals surface area contributed by atoms with Crippen molar-refractivity contribution in [2.24, 2.45) is 0 Å². The lowest BCUT2D eigenvalue weighted by Gasteiger charge is -2.37. The second kappa shape index (κ2) is 6.46. The van der Waals surface area contributed by atoms with Crippen LogP contribution in [0, 0.1) is 4.84 Å². The molecule has 2 atom stereocenters. The molecule has 2 aromatic carbocycles. The number of ether oxygens (including phenoxy) is 1. The van der Waals surface area contributed by atoms with E-state index in [0.29, 0.717) is 29.1 Å². The fraction of sp³-hybridized carbons (Fsp3) is 0.263. The van der Waals surface area contributed by atoms with Crippen LogP contribution in [-0.2, 0) is 4.74 Å². The molecule has 5 nitrogen and oxygen atoms in total. The second-order valence-electron chi connectivity index (χ2n) is 6.28. The zero-order valence-electron chi connectivity index (χ0n) is 13.8. The molecule has 0 saturated carbocycles. The van der Waals surface area contributed by atoms with Gasteiger partial charge < -0.3 is 19.0 Å². The molecular formula is C19H18N2O3S. The summed E-state index contributed by atoms with van der Waals surface area (Å²) in [4.78, 5) is 18.1. The molecule has 0 radical (unpaired) electrons. The minimum Gasteiger partial charge on any atom is -0.429 e. The summed E-state index contributed by atoms with van der Waals surface area (Å²) in [7, 11) is 0. The molecule has 25 heavy (non-hydrogen) atoms. The third-order valence-electron chi connectivity index (χ3n) is 4.39. The Labute approximate surface area is 150 Å². The van der Waals surface area contributed by atoms with Crippen LogP contribution >= 0.6 is 12.2 Å². The number of H-pyrrole nitrogens is 1. The van der Waals surface area contributed by atoms with Gasteiger partial charge in [0.05, 0.1) is 18.2 Å². The standard InChI is InChI=1S/C19H18N2O3S/c1-12-10-21(11-17(23-12)13-5-3-2-4-6-13)18(22)14-7-8-15-16(9-14)24-19(25)20-15/h2-9,12,17H,10-11H2,1H3,(H,20,25)/t12-,17-/m1/s1. The van der Waals surface area contributed by atoms with Crippen LogP contribution in [0.3, 0.4) is 0 Å². The van der Waals surface area contributed by atoms with Crippen molar-refractivity contribution in [3.8, 4) is 0 Å². The predicted octanol–water partition coefficient (Wildman–Crippen LogP) is 4.09. The number of morpholine rings is 1. The van der Waals surface area contributed by atoms with Crippen molar-refractivity contribution >= 4 is 29.2 Å². The Hall–Kier alpha value is -2.44. The molecule has 1 aliphatic rings. The Bertz CT molecular complexity index is 963. The van der Waals surface area contributed by atoms with E-state index in [1.54, 1.807) is 12.1 Å². The summed E-state index contributed by atoms with van der Waals surface area (Å²) in [6, 6.07) is 15.4. The predicted molar refractivity (Wildman–Crippen MR) is 97.0 cm³/mol. The zero-order valence-corrected chi connectivity index (χ0v) is 14.6. The van der Waals surface area contributed by atoms with E-state index in [1.807, 2.05) is 48.2 Å². The number of aromatic amines is 1. The molecule has 0 bridgehead atoms. The van der Waals surface area contributed by atoms with E-state index in [9.17, 15) is 4.79 Å². The number of amides is 1. The maximum atomic E-state index is 13.0. The van der Waals surface area contributed by atoms with Crippen molar-refractivity contribution in [1.29, 1.82) is 0 Å². The number of rotatable bonds is 2. The highest BCUT2D eigenvalue weighted by Gasteiger charge is 2.30. The molecule has 4 rings (SSSR count). The molecule has 0 spiro atoms. The number of hydrogen-bond acceptors (Lipinski definition) is 4. The lowest BCUT2D eigenvalue weighted by Crippen LogP contribution is -2.45. The molecule has 1 amide bonds. The molecule has 1 aromatic heterocycles. The molecule has 0 unspecified atom stereocenters. The summed E-state index contributed by atoms with van der Waals surface area (Å²) >= 11 is 5.00. The molecule has 1 saturated heterocycles. The quantitative estimate of drug-likeness (QED) is 0.704. The molecule has 3 aromatic rings. The number of carbonyl (C=O) groups excluding carboxylic acids is 1. The summed E-state index contributed by atoms with van der Waals surface area (Å²) in [5.74, 6) is -0.0275. The van der Waals surface area contributed by atoms with Crippen molar-refractivity contribution in [2.75, 3.05) is 13.1 Å². The van der Waals surface area contributed by atoms with Gasteiger partial charge in [-0.25, -0.2) is 0 Å². The van der Waals surface area contributed by atoms with Gasteiger partial charge in [0.1, 0.15) is 6.10 Å². The third-order valence-corrected chi connectivity index (χ3v) is 4.57. The monoisotopic (exact) mass is 354 g/mol. The number of hydrogen-bond donors (Lipinski definition) is 1. The van der Waals surface area contributed by atoms with Crippen molar-refractivity contribution in [3.63, 3.8) is 0 Å². The van der Waals surface area contributed by atoms with Crippen LogP contribution in [-0.4, -0.2) is 35.0 Å². The lowest BCUT2D eigenvalue weighted by molar-refractivity contribution is -0.0691. The highest BCUT2D eigenvalue weighted by atomic mass is 32.1. The first-order valence-corrected chi connectivity index (χ1v) is 8.63. The summed E-state index contributed by atoms with van der Waals surface area (Å²) < 4.78 is 11.5. The van der Waals surface area contributed by atoms with Crippen LogP contribution < -0.4 is 0 Å². The Morgan fingerprint density at radius 3 is 2.80 bits per heavy atom. The maximum absolute atomic E-state index is 13.0. The summed E-state index contributed by atoms with van der Waals surface area (Å²) in [5.41, 5.74) is 3.06. The number of nitrogens with one attached hydrogen (secondary N) is 1. The van der Waals surface area contributed by atoms with Gasteiger partial charge in [-0.1, -0.05) is 30.3 Å². The van der Waals surface area contributed by atoms with E-state index in [1.165, 1.54) is 0 Å². The molecule has 6 heteroatoms. The highest BCUT2D eigenvalue weighted by molar-refractivity contribution is 7.71. The molecule has 1 aliphatic heterocycles. The van der Waals surface area contributed by atoms with Crippen LogP contribution in [0.4, 0.5) is 0 Å². The van der Waals surface area contributed by atoms with Crippen molar-refractivity contribution in [3.05, 3.63) is 64.5 Å². The van der Waals surface area contributed by atoms with E-state index >= 15 is 0 Å². The molecule has 1 fully saturated rings. The molecule has 1 N–H and O–H groups in total. The normalized spacial score (nSPS) is 20.8. The van der Waals surface area contributed by atoms with Crippen LogP contribution in [0.25, 0.3) is 11.1 Å². The highest BCUT2D eigenvalue weighted by Crippen LogP contribution is 2.26. The number of fused-ring (bicyclic) bond motifs is 1. The minimum atomic E-state index is -0.117. The van der Waals surface area contributed by atoms with Crippen LogP contribution in [0.1, 0.15) is 28.9 Å². The summed E-state index contributed by atoms with van der Waals surface area (Å²) in [6.07, 6.45) is -0.142. The van der Waals surface area contributed by atoms with Crippen LogP contribution in [0.15, 0.2) is 52.9 Å². The van der Waals surface area contributed by atoms with Gasteiger partial charge in [-0.05, 0) is 42.9 Å². The average molecular weight is 354 g/mol. The van der Waals surface area contributed by atoms with Crippen molar-refractivity contribution < 1.29 is 13.9 Å². The van der Waals surface area contributed by atoms with E-state index in [-0.39, 0.29) is 18.1 Å². The topological polar surface area (TPSA) is 58.5 Å². The fourth-order valence-electron chi connectivity index (χ4n) is 3.23. The van der Waals surface area contributed by atoms with Gasteiger partial charge in [0.25, 0.3) is 10.7 Å². The van der Waals surface area contributed by atoms with E-state index < -0.39 is 0 Å². The summed E-state index contributed by atoms with van der Waals surface area (Å²) in [5, 5.41) is 0. The van der Waals surface area contributed by atoms with Crippen LogP contribution in [0.5, 0.6) is 0 Å². The van der Waals surface area contributed by atoms with Gasteiger partial charge in [0, 0.05) is 12.1 Å². The molecule has 2 heterocycles. The molecule has 0 aliphatic carbocycles. The fourth-order valence-corrected chi connectivity index (χ4v) is 3.43. The van der Waals surface area contributed by atoms with Crippen molar-refractivity contribution in [1.82, 2.24) is 9.88 Å². The number of aromatic nitrogens is 1. The first kappa shape index (κ1) is 16.1. The van der Waals surface area contributed by atoms with E-state index in [2.05, 4.69) is 4.98 Å². The number of benzene rings is 2. The largest absolute Gasteiger partial charge is 0.429 e. The van der Waals surface area contributed by atoms with Gasteiger partial charge in [-0.2, -0.15) is 0 Å². The van der Waals surface area contributed by atoms with E-state index in [0.717, 1.165) is 11.1 Å². The van der Waals surface area contributed by atoms with Gasteiger partial charge in [0.15, 0.2) is 5.58 Å². The van der Waals surface area contributed by atoms with Crippen molar-refractivity contribution in [2.45, 2.75) is 19.1 Å². The maximum Gasteiger partial charge on any atom is 0.266 e. The Balaban J connectivity index is 1.60. The Kier molecular flexibility index (Phi) is 4.15. The zero-order chi connectivity index (χ0) is 17.4. The average Bonchev–Trinajstić information content (AvgIpc) is 3.00. The van der Waals surface area contributed by atoms with Gasteiger partial charge in [0.2, 0.25) is 0 Å². The van der Waals surface area contributed by atoms with E-state index in [4.69, 9.17) is 21.4 Å². The molecule has 128 valence electrons. The first-order valence-electron chi connectivity index (χ1n) is 8.23. The lowest BCUT2D eigenvalue weighted by atomic mass is 10.1.